The predicted octanol–water partition coefficient (Wildman–Crippen LogP) is 4.75. The maximum absolute atomic E-state index is 5.96. The highest BCUT2D eigenvalue weighted by Gasteiger charge is 2.22. The fraction of sp³-hybridized carbons (Fsp3) is 0.250. The quantitative estimate of drug-likeness (QED) is 0.804. The molecule has 0 aromatic heterocycles. The SMILES string of the molecule is Clc1cccc(COCC2CSc3ccccc32)c1. The molecule has 2 aromatic carbocycles. The van der Waals surface area contributed by atoms with Crippen LogP contribution in [0.3, 0.4) is 0 Å². The summed E-state index contributed by atoms with van der Waals surface area (Å²) in [5.74, 6) is 1.63. The van der Waals surface area contributed by atoms with Crippen LogP contribution in [-0.4, -0.2) is 12.4 Å². The number of rotatable bonds is 4. The van der Waals surface area contributed by atoms with Gasteiger partial charge in [-0.2, -0.15) is 0 Å². The highest BCUT2D eigenvalue weighted by molar-refractivity contribution is 7.99. The first-order chi connectivity index (χ1) is 9.33. The molecule has 1 aliphatic rings. The lowest BCUT2D eigenvalue weighted by Crippen LogP contribution is -2.07. The van der Waals surface area contributed by atoms with Gasteiger partial charge in [0.25, 0.3) is 0 Å². The average Bonchev–Trinajstić information content (AvgIpc) is 2.83. The maximum Gasteiger partial charge on any atom is 0.0717 e. The summed E-state index contributed by atoms with van der Waals surface area (Å²) in [4.78, 5) is 1.40. The van der Waals surface area contributed by atoms with Crippen LogP contribution < -0.4 is 0 Å². The van der Waals surface area contributed by atoms with Gasteiger partial charge in [-0.1, -0.05) is 41.9 Å². The summed E-state index contributed by atoms with van der Waals surface area (Å²) >= 11 is 7.88. The molecule has 0 amide bonds. The van der Waals surface area contributed by atoms with Crippen molar-refractivity contribution in [2.75, 3.05) is 12.4 Å². The zero-order valence-corrected chi connectivity index (χ0v) is 12.1. The average molecular weight is 291 g/mol. The molecule has 0 saturated carbocycles. The highest BCUT2D eigenvalue weighted by Crippen LogP contribution is 2.39. The lowest BCUT2D eigenvalue weighted by Gasteiger charge is -2.11. The molecule has 98 valence electrons. The van der Waals surface area contributed by atoms with Crippen LogP contribution in [0.1, 0.15) is 17.0 Å². The Kier molecular flexibility index (Phi) is 4.12. The van der Waals surface area contributed by atoms with Crippen LogP contribution >= 0.6 is 23.4 Å². The Morgan fingerprint density at radius 1 is 1.16 bits per heavy atom. The van der Waals surface area contributed by atoms with Crippen molar-refractivity contribution >= 4 is 23.4 Å². The molecule has 19 heavy (non-hydrogen) atoms. The van der Waals surface area contributed by atoms with Gasteiger partial charge in [0.05, 0.1) is 13.2 Å². The van der Waals surface area contributed by atoms with Gasteiger partial charge in [0.2, 0.25) is 0 Å². The van der Waals surface area contributed by atoms with Crippen LogP contribution in [0.2, 0.25) is 5.02 Å². The monoisotopic (exact) mass is 290 g/mol. The van der Waals surface area contributed by atoms with E-state index in [1.54, 1.807) is 0 Å². The van der Waals surface area contributed by atoms with Gasteiger partial charge in [0.1, 0.15) is 0 Å². The minimum atomic E-state index is 0.514. The van der Waals surface area contributed by atoms with Crippen LogP contribution in [0.25, 0.3) is 0 Å². The molecule has 1 nitrogen and oxygen atoms in total. The number of thioether (sulfide) groups is 1. The molecule has 0 bridgehead atoms. The molecule has 1 heterocycles. The van der Waals surface area contributed by atoms with E-state index in [1.165, 1.54) is 10.5 Å². The fourth-order valence-corrected chi connectivity index (χ4v) is 3.76. The Balaban J connectivity index is 1.57. The topological polar surface area (TPSA) is 9.23 Å². The summed E-state index contributed by atoms with van der Waals surface area (Å²) in [6.45, 7) is 1.40. The molecule has 0 spiro atoms. The number of hydrogen-bond donors (Lipinski definition) is 0. The van der Waals surface area contributed by atoms with Crippen LogP contribution in [0.5, 0.6) is 0 Å². The molecule has 0 aliphatic carbocycles. The fourth-order valence-electron chi connectivity index (χ4n) is 2.31. The van der Waals surface area contributed by atoms with Crippen molar-refractivity contribution in [3.05, 3.63) is 64.7 Å². The second-order valence-electron chi connectivity index (χ2n) is 4.69. The van der Waals surface area contributed by atoms with Gasteiger partial charge in [0, 0.05) is 21.6 Å². The van der Waals surface area contributed by atoms with Gasteiger partial charge in [-0.15, -0.1) is 11.8 Å². The van der Waals surface area contributed by atoms with E-state index >= 15 is 0 Å². The minimum Gasteiger partial charge on any atom is -0.376 e. The Labute approximate surface area is 122 Å². The van der Waals surface area contributed by atoms with E-state index in [-0.39, 0.29) is 0 Å². The standard InChI is InChI=1S/C16H15ClOS/c17-14-5-3-4-12(8-14)9-18-10-13-11-19-16-7-2-1-6-15(13)16/h1-8,13H,9-11H2. The summed E-state index contributed by atoms with van der Waals surface area (Å²) in [6, 6.07) is 16.5. The molecule has 1 aliphatic heterocycles. The molecule has 2 aromatic rings. The first-order valence-corrected chi connectivity index (χ1v) is 7.73. The number of halogens is 1. The van der Waals surface area contributed by atoms with Crippen molar-refractivity contribution < 1.29 is 4.74 Å². The van der Waals surface area contributed by atoms with Gasteiger partial charge in [-0.3, -0.25) is 0 Å². The maximum atomic E-state index is 5.96. The van der Waals surface area contributed by atoms with Crippen molar-refractivity contribution in [3.63, 3.8) is 0 Å². The Bertz CT molecular complexity index is 570. The van der Waals surface area contributed by atoms with Crippen LogP contribution in [0, 0.1) is 0 Å². The molecular weight excluding hydrogens is 276 g/mol. The van der Waals surface area contributed by atoms with E-state index in [4.69, 9.17) is 16.3 Å². The summed E-state index contributed by atoms with van der Waals surface area (Å²) in [6.07, 6.45) is 0. The number of hydrogen-bond acceptors (Lipinski definition) is 2. The summed E-state index contributed by atoms with van der Waals surface area (Å²) in [5.41, 5.74) is 2.56. The summed E-state index contributed by atoms with van der Waals surface area (Å²) < 4.78 is 5.84. The van der Waals surface area contributed by atoms with E-state index < -0.39 is 0 Å². The Morgan fingerprint density at radius 2 is 2.05 bits per heavy atom. The van der Waals surface area contributed by atoms with E-state index in [9.17, 15) is 0 Å². The molecule has 3 rings (SSSR count). The molecule has 3 heteroatoms. The Hall–Kier alpha value is -0.960. The van der Waals surface area contributed by atoms with Crippen LogP contribution in [0.4, 0.5) is 0 Å². The van der Waals surface area contributed by atoms with E-state index in [2.05, 4.69) is 24.3 Å². The summed E-state index contributed by atoms with van der Waals surface area (Å²) in [7, 11) is 0. The third kappa shape index (κ3) is 3.14. The van der Waals surface area contributed by atoms with Crippen molar-refractivity contribution in [2.24, 2.45) is 0 Å². The molecule has 1 unspecified atom stereocenters. The first-order valence-electron chi connectivity index (χ1n) is 6.37. The molecule has 0 radical (unpaired) electrons. The smallest absolute Gasteiger partial charge is 0.0717 e. The molecule has 0 N–H and O–H groups in total. The van der Waals surface area contributed by atoms with E-state index in [0.717, 1.165) is 22.9 Å². The molecule has 1 atom stereocenters. The number of ether oxygens (including phenoxy) is 1. The van der Waals surface area contributed by atoms with Gasteiger partial charge in [0.15, 0.2) is 0 Å². The van der Waals surface area contributed by atoms with E-state index in [0.29, 0.717) is 12.5 Å². The van der Waals surface area contributed by atoms with Crippen LogP contribution in [0.15, 0.2) is 53.4 Å². The normalized spacial score (nSPS) is 17.4. The van der Waals surface area contributed by atoms with Gasteiger partial charge >= 0.3 is 0 Å². The van der Waals surface area contributed by atoms with Gasteiger partial charge in [-0.25, -0.2) is 0 Å². The first kappa shape index (κ1) is 13.0. The largest absolute Gasteiger partial charge is 0.376 e. The zero-order valence-electron chi connectivity index (χ0n) is 10.5. The van der Waals surface area contributed by atoms with Gasteiger partial charge < -0.3 is 4.74 Å². The minimum absolute atomic E-state index is 0.514. The van der Waals surface area contributed by atoms with Crippen molar-refractivity contribution in [3.8, 4) is 0 Å². The molecule has 0 fully saturated rings. The predicted molar refractivity (Wildman–Crippen MR) is 81.0 cm³/mol. The van der Waals surface area contributed by atoms with Crippen molar-refractivity contribution in [1.29, 1.82) is 0 Å². The zero-order chi connectivity index (χ0) is 13.1. The lowest BCUT2D eigenvalue weighted by atomic mass is 10.0. The van der Waals surface area contributed by atoms with Crippen molar-refractivity contribution in [2.45, 2.75) is 17.4 Å². The van der Waals surface area contributed by atoms with Crippen LogP contribution in [-0.2, 0) is 11.3 Å². The third-order valence-electron chi connectivity index (χ3n) is 3.28. The van der Waals surface area contributed by atoms with E-state index in [1.807, 2.05) is 36.0 Å². The van der Waals surface area contributed by atoms with Gasteiger partial charge in [-0.05, 0) is 29.3 Å². The Morgan fingerprint density at radius 3 is 2.95 bits per heavy atom. The number of fused-ring (bicyclic) bond motifs is 1. The molecule has 0 saturated heterocycles. The second-order valence-corrected chi connectivity index (χ2v) is 6.19. The van der Waals surface area contributed by atoms with Crippen molar-refractivity contribution in [1.82, 2.24) is 0 Å². The number of benzene rings is 2. The molecular formula is C16H15ClOS. The highest BCUT2D eigenvalue weighted by atomic mass is 35.5. The third-order valence-corrected chi connectivity index (χ3v) is 4.76. The second kappa shape index (κ2) is 6.00. The summed E-state index contributed by atoms with van der Waals surface area (Å²) in [5, 5.41) is 0.767. The lowest BCUT2D eigenvalue weighted by molar-refractivity contribution is 0.111.